The summed E-state index contributed by atoms with van der Waals surface area (Å²) in [6.07, 6.45) is 1.07. The van der Waals surface area contributed by atoms with Crippen molar-refractivity contribution in [3.05, 3.63) is 33.5 Å². The second-order valence-corrected chi connectivity index (χ2v) is 5.64. The minimum atomic E-state index is -0.779. The lowest BCUT2D eigenvalue weighted by atomic mass is 10.1. The molecule has 112 valence electrons. The number of carbonyl (C=O) groups is 3. The fourth-order valence-electron chi connectivity index (χ4n) is 2.46. The molecule has 1 atom stereocenters. The van der Waals surface area contributed by atoms with Crippen LogP contribution in [0.15, 0.2) is 16.6 Å². The van der Waals surface area contributed by atoms with Gasteiger partial charge in [-0.05, 0) is 24.1 Å². The zero-order chi connectivity index (χ0) is 15.6. The van der Waals surface area contributed by atoms with Gasteiger partial charge in [0.25, 0.3) is 5.91 Å². The number of aldehydes is 1. The fraction of sp³-hybridized carbons (Fsp3) is 0.357. The molecule has 0 radical (unpaired) electrons. The van der Waals surface area contributed by atoms with Crippen LogP contribution in [-0.2, 0) is 16.1 Å². The quantitative estimate of drug-likeness (QED) is 0.815. The Balaban J connectivity index is 2.33. The standard InChI is InChI=1S/C14H14BrFN2O3/c1-17-13(20)11(3-2-4-19)18-7-8-5-9(15)6-10(16)12(8)14(18)21/h4-6,11H,2-3,7H2,1H3,(H,17,20). The van der Waals surface area contributed by atoms with E-state index in [1.165, 1.54) is 18.0 Å². The summed E-state index contributed by atoms with van der Waals surface area (Å²) in [7, 11) is 1.46. The van der Waals surface area contributed by atoms with Gasteiger partial charge < -0.3 is 15.0 Å². The van der Waals surface area contributed by atoms with E-state index in [-0.39, 0.29) is 30.9 Å². The smallest absolute Gasteiger partial charge is 0.258 e. The first kappa shape index (κ1) is 15.6. The first-order valence-electron chi connectivity index (χ1n) is 6.43. The van der Waals surface area contributed by atoms with E-state index in [4.69, 9.17) is 0 Å². The number of rotatable bonds is 5. The molecule has 2 rings (SSSR count). The van der Waals surface area contributed by atoms with Crippen LogP contribution >= 0.6 is 15.9 Å². The molecule has 0 saturated carbocycles. The molecule has 0 saturated heterocycles. The lowest BCUT2D eigenvalue weighted by molar-refractivity contribution is -0.125. The maximum atomic E-state index is 13.9. The van der Waals surface area contributed by atoms with Gasteiger partial charge in [0.2, 0.25) is 5.91 Å². The molecule has 1 aliphatic heterocycles. The number of likely N-dealkylation sites (N-methyl/N-ethyl adjacent to an activating group) is 1. The van der Waals surface area contributed by atoms with E-state index in [0.29, 0.717) is 16.3 Å². The molecule has 1 N–H and O–H groups in total. The summed E-state index contributed by atoms with van der Waals surface area (Å²) in [5, 5.41) is 2.47. The zero-order valence-electron chi connectivity index (χ0n) is 11.4. The van der Waals surface area contributed by atoms with Gasteiger partial charge in [0, 0.05) is 24.5 Å². The number of carbonyl (C=O) groups excluding carboxylic acids is 3. The maximum Gasteiger partial charge on any atom is 0.258 e. The summed E-state index contributed by atoms with van der Waals surface area (Å²) in [5.74, 6) is -1.50. The molecule has 0 spiro atoms. The molecular weight excluding hydrogens is 343 g/mol. The molecule has 1 unspecified atom stereocenters. The summed E-state index contributed by atoms with van der Waals surface area (Å²) >= 11 is 3.18. The Kier molecular flexibility index (Phi) is 4.72. The second kappa shape index (κ2) is 6.34. The molecule has 0 aromatic heterocycles. The van der Waals surface area contributed by atoms with E-state index in [2.05, 4.69) is 21.2 Å². The highest BCUT2D eigenvalue weighted by molar-refractivity contribution is 9.10. The van der Waals surface area contributed by atoms with Gasteiger partial charge in [-0.3, -0.25) is 9.59 Å². The van der Waals surface area contributed by atoms with Crippen LogP contribution in [0.5, 0.6) is 0 Å². The van der Waals surface area contributed by atoms with Crippen LogP contribution in [-0.4, -0.2) is 36.1 Å². The van der Waals surface area contributed by atoms with E-state index in [1.54, 1.807) is 6.07 Å². The number of hydrogen-bond acceptors (Lipinski definition) is 3. The normalized spacial score (nSPS) is 14.8. The van der Waals surface area contributed by atoms with Gasteiger partial charge in [-0.25, -0.2) is 4.39 Å². The first-order chi connectivity index (χ1) is 9.99. The summed E-state index contributed by atoms with van der Waals surface area (Å²) in [5.41, 5.74) is 0.532. The number of nitrogens with one attached hydrogen (secondary N) is 1. The van der Waals surface area contributed by atoms with Crippen molar-refractivity contribution in [3.8, 4) is 0 Å². The molecule has 1 heterocycles. The van der Waals surface area contributed by atoms with Crippen molar-refractivity contribution in [3.63, 3.8) is 0 Å². The Labute approximate surface area is 129 Å². The van der Waals surface area contributed by atoms with Crippen molar-refractivity contribution in [2.45, 2.75) is 25.4 Å². The predicted molar refractivity (Wildman–Crippen MR) is 77.1 cm³/mol. The van der Waals surface area contributed by atoms with Crippen LogP contribution in [0, 0.1) is 5.82 Å². The fourth-order valence-corrected chi connectivity index (χ4v) is 2.94. The molecule has 2 amide bonds. The highest BCUT2D eigenvalue weighted by Crippen LogP contribution is 2.30. The topological polar surface area (TPSA) is 66.5 Å². The summed E-state index contributed by atoms with van der Waals surface area (Å²) in [4.78, 5) is 36.1. The summed E-state index contributed by atoms with van der Waals surface area (Å²) < 4.78 is 14.5. The highest BCUT2D eigenvalue weighted by atomic mass is 79.9. The van der Waals surface area contributed by atoms with Crippen LogP contribution in [0.1, 0.15) is 28.8 Å². The first-order valence-corrected chi connectivity index (χ1v) is 7.23. The van der Waals surface area contributed by atoms with Crippen LogP contribution < -0.4 is 5.32 Å². The van der Waals surface area contributed by atoms with Gasteiger partial charge in [0.1, 0.15) is 18.1 Å². The number of hydrogen-bond donors (Lipinski definition) is 1. The largest absolute Gasteiger partial charge is 0.357 e. The van der Waals surface area contributed by atoms with Gasteiger partial charge in [-0.2, -0.15) is 0 Å². The summed E-state index contributed by atoms with van der Waals surface area (Å²) in [6.45, 7) is 0.154. The third-order valence-corrected chi connectivity index (χ3v) is 3.89. The number of benzene rings is 1. The van der Waals surface area contributed by atoms with E-state index in [0.717, 1.165) is 0 Å². The van der Waals surface area contributed by atoms with Gasteiger partial charge in [0.15, 0.2) is 0 Å². The Morgan fingerprint density at radius 3 is 2.90 bits per heavy atom. The predicted octanol–water partition coefficient (Wildman–Crippen LogP) is 1.64. The summed E-state index contributed by atoms with van der Waals surface area (Å²) in [6, 6.07) is 2.11. The Hall–Kier alpha value is -1.76. The third kappa shape index (κ3) is 2.97. The van der Waals surface area contributed by atoms with E-state index < -0.39 is 17.8 Å². The lowest BCUT2D eigenvalue weighted by Crippen LogP contribution is -2.46. The average molecular weight is 357 g/mol. The number of fused-ring (bicyclic) bond motifs is 1. The van der Waals surface area contributed by atoms with Gasteiger partial charge in [0.05, 0.1) is 5.56 Å². The molecule has 1 aromatic carbocycles. The van der Waals surface area contributed by atoms with E-state index in [1.807, 2.05) is 0 Å². The minimum absolute atomic E-state index is 0.00166. The number of nitrogens with zero attached hydrogens (tertiary/aromatic N) is 1. The van der Waals surface area contributed by atoms with Crippen molar-refractivity contribution < 1.29 is 18.8 Å². The van der Waals surface area contributed by atoms with Crippen LogP contribution in [0.25, 0.3) is 0 Å². The van der Waals surface area contributed by atoms with Crippen LogP contribution in [0.2, 0.25) is 0 Å². The van der Waals surface area contributed by atoms with Gasteiger partial charge >= 0.3 is 0 Å². The Bertz CT molecular complexity index is 606. The molecular formula is C14H14BrFN2O3. The van der Waals surface area contributed by atoms with Crippen molar-refractivity contribution in [2.24, 2.45) is 0 Å². The van der Waals surface area contributed by atoms with Crippen molar-refractivity contribution in [1.29, 1.82) is 0 Å². The molecule has 7 heteroatoms. The molecule has 0 fully saturated rings. The molecule has 5 nitrogen and oxygen atoms in total. The minimum Gasteiger partial charge on any atom is -0.357 e. The third-order valence-electron chi connectivity index (χ3n) is 3.44. The maximum absolute atomic E-state index is 13.9. The SMILES string of the molecule is CNC(=O)C(CCC=O)N1Cc2cc(Br)cc(F)c2C1=O. The molecule has 0 aliphatic carbocycles. The van der Waals surface area contributed by atoms with E-state index in [9.17, 15) is 18.8 Å². The van der Waals surface area contributed by atoms with Crippen LogP contribution in [0.3, 0.4) is 0 Å². The van der Waals surface area contributed by atoms with Gasteiger partial charge in [-0.1, -0.05) is 15.9 Å². The highest BCUT2D eigenvalue weighted by Gasteiger charge is 2.37. The average Bonchev–Trinajstić information content (AvgIpc) is 2.76. The Morgan fingerprint density at radius 2 is 2.29 bits per heavy atom. The number of halogens is 2. The number of amides is 2. The Morgan fingerprint density at radius 1 is 1.57 bits per heavy atom. The van der Waals surface area contributed by atoms with Crippen molar-refractivity contribution in [2.75, 3.05) is 7.05 Å². The molecule has 1 aromatic rings. The van der Waals surface area contributed by atoms with Crippen molar-refractivity contribution >= 4 is 34.0 Å². The van der Waals surface area contributed by atoms with E-state index >= 15 is 0 Å². The monoisotopic (exact) mass is 356 g/mol. The molecule has 1 aliphatic rings. The molecule has 0 bridgehead atoms. The van der Waals surface area contributed by atoms with Crippen molar-refractivity contribution in [1.82, 2.24) is 10.2 Å². The second-order valence-electron chi connectivity index (χ2n) is 4.73. The molecule has 21 heavy (non-hydrogen) atoms. The zero-order valence-corrected chi connectivity index (χ0v) is 12.9. The lowest BCUT2D eigenvalue weighted by Gasteiger charge is -2.25. The van der Waals surface area contributed by atoms with Gasteiger partial charge in [-0.15, -0.1) is 0 Å². The van der Waals surface area contributed by atoms with Crippen LogP contribution in [0.4, 0.5) is 4.39 Å².